The lowest BCUT2D eigenvalue weighted by atomic mass is 10.1. The van der Waals surface area contributed by atoms with Crippen LogP contribution in [0.5, 0.6) is 0 Å². The van der Waals surface area contributed by atoms with E-state index in [-0.39, 0.29) is 11.7 Å². The number of rotatable bonds is 6. The fourth-order valence-electron chi connectivity index (χ4n) is 2.95. The van der Waals surface area contributed by atoms with Crippen molar-refractivity contribution in [3.05, 3.63) is 60.9 Å². The van der Waals surface area contributed by atoms with E-state index in [4.69, 9.17) is 0 Å². The van der Waals surface area contributed by atoms with Crippen LogP contribution in [-0.2, 0) is 4.79 Å². The molecule has 3 heterocycles. The summed E-state index contributed by atoms with van der Waals surface area (Å²) in [7, 11) is 0. The zero-order chi connectivity index (χ0) is 20.2. The third kappa shape index (κ3) is 4.03. The van der Waals surface area contributed by atoms with Crippen LogP contribution < -0.4 is 10.6 Å². The van der Waals surface area contributed by atoms with Gasteiger partial charge in [-0.05, 0) is 30.3 Å². The van der Waals surface area contributed by atoms with Crippen LogP contribution in [0, 0.1) is 5.82 Å². The van der Waals surface area contributed by atoms with Gasteiger partial charge in [-0.3, -0.25) is 14.2 Å². The SMILES string of the molecule is CC(=O)NCCNc1nccc(-c2c(-c3ccc(F)cc3)nc3cnccn23)n1. The average molecular weight is 391 g/mol. The zero-order valence-corrected chi connectivity index (χ0v) is 15.6. The molecule has 3 aromatic heterocycles. The Labute approximate surface area is 165 Å². The highest BCUT2D eigenvalue weighted by molar-refractivity contribution is 5.80. The van der Waals surface area contributed by atoms with E-state index in [1.54, 1.807) is 43.0 Å². The predicted molar refractivity (Wildman–Crippen MR) is 107 cm³/mol. The Balaban J connectivity index is 1.73. The second-order valence-corrected chi connectivity index (χ2v) is 6.30. The first kappa shape index (κ1) is 18.5. The maximum absolute atomic E-state index is 13.4. The summed E-state index contributed by atoms with van der Waals surface area (Å²) in [5.74, 6) is 0.0279. The Hall–Kier alpha value is -3.88. The molecule has 0 saturated carbocycles. The normalized spacial score (nSPS) is 10.8. The number of aromatic nitrogens is 5. The Morgan fingerprint density at radius 2 is 1.93 bits per heavy atom. The Morgan fingerprint density at radius 3 is 2.72 bits per heavy atom. The van der Waals surface area contributed by atoms with Crippen molar-refractivity contribution in [2.24, 2.45) is 0 Å². The first-order chi connectivity index (χ1) is 14.1. The molecule has 0 aliphatic heterocycles. The molecule has 0 fully saturated rings. The molecule has 9 heteroatoms. The van der Waals surface area contributed by atoms with Gasteiger partial charge in [0.25, 0.3) is 0 Å². The zero-order valence-electron chi connectivity index (χ0n) is 15.6. The van der Waals surface area contributed by atoms with Crippen molar-refractivity contribution in [2.75, 3.05) is 18.4 Å². The van der Waals surface area contributed by atoms with Crippen LogP contribution >= 0.6 is 0 Å². The largest absolute Gasteiger partial charge is 0.355 e. The second kappa shape index (κ2) is 8.01. The number of amides is 1. The highest BCUT2D eigenvalue weighted by atomic mass is 19.1. The van der Waals surface area contributed by atoms with E-state index < -0.39 is 0 Å². The molecule has 4 aromatic rings. The number of hydrogen-bond acceptors (Lipinski definition) is 6. The van der Waals surface area contributed by atoms with Gasteiger partial charge in [0.15, 0.2) is 5.65 Å². The molecule has 0 spiro atoms. The summed E-state index contributed by atoms with van der Waals surface area (Å²) in [6.07, 6.45) is 6.78. The van der Waals surface area contributed by atoms with Gasteiger partial charge in [-0.2, -0.15) is 0 Å². The number of benzene rings is 1. The van der Waals surface area contributed by atoms with E-state index in [0.29, 0.717) is 36.1 Å². The molecule has 0 saturated heterocycles. The van der Waals surface area contributed by atoms with Crippen molar-refractivity contribution in [2.45, 2.75) is 6.92 Å². The topological polar surface area (TPSA) is 97.1 Å². The van der Waals surface area contributed by atoms with Crippen LogP contribution in [0.15, 0.2) is 55.1 Å². The third-order valence-electron chi connectivity index (χ3n) is 4.23. The van der Waals surface area contributed by atoms with Gasteiger partial charge in [-0.15, -0.1) is 0 Å². The van der Waals surface area contributed by atoms with Gasteiger partial charge in [-0.25, -0.2) is 19.3 Å². The number of anilines is 1. The number of carbonyl (C=O) groups is 1. The van der Waals surface area contributed by atoms with E-state index in [0.717, 1.165) is 11.3 Å². The van der Waals surface area contributed by atoms with Gasteiger partial charge in [0.1, 0.15) is 5.82 Å². The number of fused-ring (bicyclic) bond motifs is 1. The molecule has 1 amide bonds. The molecule has 29 heavy (non-hydrogen) atoms. The third-order valence-corrected chi connectivity index (χ3v) is 4.23. The fraction of sp³-hybridized carbons (Fsp3) is 0.150. The summed E-state index contributed by atoms with van der Waals surface area (Å²) in [5.41, 5.74) is 3.49. The molecule has 0 aliphatic rings. The minimum atomic E-state index is -0.312. The summed E-state index contributed by atoms with van der Waals surface area (Å²) in [6.45, 7) is 2.42. The summed E-state index contributed by atoms with van der Waals surface area (Å²) in [5, 5.41) is 5.80. The van der Waals surface area contributed by atoms with Crippen molar-refractivity contribution in [1.29, 1.82) is 0 Å². The van der Waals surface area contributed by atoms with E-state index in [2.05, 4.69) is 30.6 Å². The fourth-order valence-corrected chi connectivity index (χ4v) is 2.95. The average Bonchev–Trinajstić information content (AvgIpc) is 3.11. The molecule has 0 bridgehead atoms. The highest BCUT2D eigenvalue weighted by Crippen LogP contribution is 2.31. The molecule has 1 aromatic carbocycles. The van der Waals surface area contributed by atoms with Crippen LogP contribution in [0.25, 0.3) is 28.3 Å². The number of carbonyl (C=O) groups excluding carboxylic acids is 1. The number of hydrogen-bond donors (Lipinski definition) is 2. The van der Waals surface area contributed by atoms with Crippen LogP contribution in [-0.4, -0.2) is 43.3 Å². The van der Waals surface area contributed by atoms with E-state index in [9.17, 15) is 9.18 Å². The number of imidazole rings is 1. The van der Waals surface area contributed by atoms with Crippen LogP contribution in [0.1, 0.15) is 6.92 Å². The lowest BCUT2D eigenvalue weighted by Gasteiger charge is -2.08. The quantitative estimate of drug-likeness (QED) is 0.490. The Kier molecular flexibility index (Phi) is 5.10. The smallest absolute Gasteiger partial charge is 0.223 e. The summed E-state index contributed by atoms with van der Waals surface area (Å²) in [4.78, 5) is 28.6. The number of nitrogens with zero attached hydrogens (tertiary/aromatic N) is 5. The van der Waals surface area contributed by atoms with Crippen LogP contribution in [0.3, 0.4) is 0 Å². The van der Waals surface area contributed by atoms with E-state index in [1.165, 1.54) is 19.1 Å². The molecule has 8 nitrogen and oxygen atoms in total. The maximum Gasteiger partial charge on any atom is 0.223 e. The molecule has 146 valence electrons. The molecular weight excluding hydrogens is 373 g/mol. The van der Waals surface area contributed by atoms with Crippen molar-refractivity contribution in [3.63, 3.8) is 0 Å². The molecule has 0 atom stereocenters. The highest BCUT2D eigenvalue weighted by Gasteiger charge is 2.17. The first-order valence-corrected chi connectivity index (χ1v) is 9.01. The lowest BCUT2D eigenvalue weighted by molar-refractivity contribution is -0.118. The molecule has 2 N–H and O–H groups in total. The first-order valence-electron chi connectivity index (χ1n) is 9.01. The Morgan fingerprint density at radius 1 is 1.10 bits per heavy atom. The molecule has 4 rings (SSSR count). The maximum atomic E-state index is 13.4. The molecule has 0 unspecified atom stereocenters. The van der Waals surface area contributed by atoms with Crippen molar-refractivity contribution in [3.8, 4) is 22.6 Å². The summed E-state index contributed by atoms with van der Waals surface area (Å²) < 4.78 is 15.3. The molecular formula is C20H18FN7O. The lowest BCUT2D eigenvalue weighted by Crippen LogP contribution is -2.26. The molecule has 0 aliphatic carbocycles. The van der Waals surface area contributed by atoms with E-state index >= 15 is 0 Å². The van der Waals surface area contributed by atoms with Crippen molar-refractivity contribution >= 4 is 17.5 Å². The van der Waals surface area contributed by atoms with Crippen LogP contribution in [0.2, 0.25) is 0 Å². The monoisotopic (exact) mass is 391 g/mol. The van der Waals surface area contributed by atoms with Crippen molar-refractivity contribution < 1.29 is 9.18 Å². The number of halogens is 1. The minimum absolute atomic E-state index is 0.0928. The van der Waals surface area contributed by atoms with Gasteiger partial charge in [0.05, 0.1) is 23.3 Å². The van der Waals surface area contributed by atoms with Gasteiger partial charge in [-0.1, -0.05) is 0 Å². The van der Waals surface area contributed by atoms with Gasteiger partial charge < -0.3 is 10.6 Å². The standard InChI is InChI=1S/C20H18FN7O/c1-13(29)23-8-9-25-20-24-7-6-16(26-20)19-18(14-2-4-15(21)5-3-14)27-17-12-22-10-11-28(17)19/h2-7,10-12H,8-9H2,1H3,(H,23,29)(H,24,25,26). The second-order valence-electron chi connectivity index (χ2n) is 6.30. The minimum Gasteiger partial charge on any atom is -0.355 e. The van der Waals surface area contributed by atoms with Gasteiger partial charge in [0, 0.05) is 44.2 Å². The van der Waals surface area contributed by atoms with Crippen molar-refractivity contribution in [1.82, 2.24) is 29.7 Å². The van der Waals surface area contributed by atoms with Crippen LogP contribution in [0.4, 0.5) is 10.3 Å². The van der Waals surface area contributed by atoms with Gasteiger partial charge in [0.2, 0.25) is 11.9 Å². The summed E-state index contributed by atoms with van der Waals surface area (Å²) in [6, 6.07) is 7.95. The summed E-state index contributed by atoms with van der Waals surface area (Å²) >= 11 is 0. The number of nitrogens with one attached hydrogen (secondary N) is 2. The predicted octanol–water partition coefficient (Wildman–Crippen LogP) is 2.54. The molecule has 0 radical (unpaired) electrons. The van der Waals surface area contributed by atoms with E-state index in [1.807, 2.05) is 4.40 Å². The Bertz CT molecular complexity index is 1160. The van der Waals surface area contributed by atoms with Gasteiger partial charge >= 0.3 is 0 Å².